The molecule has 1 rings (SSSR count). The lowest BCUT2D eigenvalue weighted by Gasteiger charge is -2.21. The van der Waals surface area contributed by atoms with Crippen LogP contribution >= 0.6 is 11.7 Å². The van der Waals surface area contributed by atoms with Crippen LogP contribution in [0, 0.1) is 5.41 Å². The Morgan fingerprint density at radius 1 is 1.71 bits per heavy atom. The molecule has 0 saturated heterocycles. The smallest absolute Gasteiger partial charge is 0.272 e. The molecule has 0 fully saturated rings. The summed E-state index contributed by atoms with van der Waals surface area (Å²) in [6, 6.07) is 0. The van der Waals surface area contributed by atoms with Crippen LogP contribution in [0.5, 0.6) is 0 Å². The number of aromatic nitrogens is 2. The van der Waals surface area contributed by atoms with Gasteiger partial charge in [0.1, 0.15) is 0 Å². The van der Waals surface area contributed by atoms with Gasteiger partial charge in [-0.05, 0) is 0 Å². The molecule has 14 heavy (non-hydrogen) atoms. The van der Waals surface area contributed by atoms with Gasteiger partial charge in [-0.2, -0.15) is 8.75 Å². The zero-order valence-electron chi connectivity index (χ0n) is 8.15. The van der Waals surface area contributed by atoms with Gasteiger partial charge in [0.15, 0.2) is 5.69 Å². The van der Waals surface area contributed by atoms with Crippen LogP contribution in [-0.4, -0.2) is 32.9 Å². The van der Waals surface area contributed by atoms with Gasteiger partial charge in [-0.1, -0.05) is 13.8 Å². The standard InChI is InChI=1S/C8H13N3O2S/c1-8(2,5-12)4-9-7(13)6-3-10-14-11-6/h3,12H,4-5H2,1-2H3,(H,9,13). The molecule has 1 heterocycles. The van der Waals surface area contributed by atoms with E-state index in [2.05, 4.69) is 14.1 Å². The molecular weight excluding hydrogens is 202 g/mol. The van der Waals surface area contributed by atoms with Crippen molar-refractivity contribution in [1.29, 1.82) is 0 Å². The van der Waals surface area contributed by atoms with Gasteiger partial charge in [0.05, 0.1) is 17.9 Å². The Balaban J connectivity index is 2.43. The number of carbonyl (C=O) groups is 1. The van der Waals surface area contributed by atoms with Crippen LogP contribution in [0.1, 0.15) is 24.3 Å². The highest BCUT2D eigenvalue weighted by molar-refractivity contribution is 6.99. The average Bonchev–Trinajstić information content (AvgIpc) is 2.67. The molecule has 0 atom stereocenters. The quantitative estimate of drug-likeness (QED) is 0.756. The third-order valence-electron chi connectivity index (χ3n) is 1.75. The molecule has 5 nitrogen and oxygen atoms in total. The lowest BCUT2D eigenvalue weighted by Crippen LogP contribution is -2.36. The number of amides is 1. The molecule has 6 heteroatoms. The molecule has 2 N–H and O–H groups in total. The van der Waals surface area contributed by atoms with Crippen molar-refractivity contribution in [2.45, 2.75) is 13.8 Å². The van der Waals surface area contributed by atoms with Gasteiger partial charge in [0, 0.05) is 18.6 Å². The van der Waals surface area contributed by atoms with Crippen molar-refractivity contribution in [1.82, 2.24) is 14.1 Å². The van der Waals surface area contributed by atoms with Crippen molar-refractivity contribution in [2.24, 2.45) is 5.41 Å². The summed E-state index contributed by atoms with van der Waals surface area (Å²) in [5.74, 6) is -0.250. The largest absolute Gasteiger partial charge is 0.396 e. The molecule has 1 amide bonds. The molecule has 0 saturated carbocycles. The van der Waals surface area contributed by atoms with E-state index in [0.29, 0.717) is 12.2 Å². The van der Waals surface area contributed by atoms with E-state index < -0.39 is 0 Å². The summed E-state index contributed by atoms with van der Waals surface area (Å²) in [7, 11) is 0. The second kappa shape index (κ2) is 4.47. The van der Waals surface area contributed by atoms with Gasteiger partial charge in [-0.15, -0.1) is 0 Å². The van der Waals surface area contributed by atoms with Gasteiger partial charge >= 0.3 is 0 Å². The summed E-state index contributed by atoms with van der Waals surface area (Å²) >= 11 is 0.997. The molecule has 1 aromatic rings. The first-order chi connectivity index (χ1) is 6.55. The lowest BCUT2D eigenvalue weighted by atomic mass is 9.95. The van der Waals surface area contributed by atoms with E-state index >= 15 is 0 Å². The predicted molar refractivity (Wildman–Crippen MR) is 53.1 cm³/mol. The number of hydrogen-bond donors (Lipinski definition) is 2. The van der Waals surface area contributed by atoms with E-state index in [-0.39, 0.29) is 17.9 Å². The maximum atomic E-state index is 11.4. The summed E-state index contributed by atoms with van der Waals surface area (Å²) in [5.41, 5.74) is 0.0165. The molecular formula is C8H13N3O2S. The number of nitrogens with one attached hydrogen (secondary N) is 1. The van der Waals surface area contributed by atoms with Crippen molar-refractivity contribution in [3.63, 3.8) is 0 Å². The minimum Gasteiger partial charge on any atom is -0.396 e. The normalized spacial score (nSPS) is 11.4. The van der Waals surface area contributed by atoms with Crippen LogP contribution in [-0.2, 0) is 0 Å². The first kappa shape index (κ1) is 11.1. The summed E-state index contributed by atoms with van der Waals surface area (Å²) in [6.07, 6.45) is 1.42. The van der Waals surface area contributed by atoms with E-state index in [1.54, 1.807) is 0 Å². The molecule has 0 aliphatic heterocycles. The van der Waals surface area contributed by atoms with E-state index in [1.165, 1.54) is 6.20 Å². The van der Waals surface area contributed by atoms with E-state index in [9.17, 15) is 4.79 Å². The second-order valence-corrected chi connectivity index (χ2v) is 4.35. The van der Waals surface area contributed by atoms with Crippen molar-refractivity contribution >= 4 is 17.6 Å². The maximum absolute atomic E-state index is 11.4. The molecule has 0 bridgehead atoms. The van der Waals surface area contributed by atoms with Gasteiger partial charge in [-0.25, -0.2) is 0 Å². The predicted octanol–water partition coefficient (Wildman–Crippen LogP) is 0.286. The van der Waals surface area contributed by atoms with Crippen molar-refractivity contribution in [3.8, 4) is 0 Å². The number of carbonyl (C=O) groups excluding carboxylic acids is 1. The third kappa shape index (κ3) is 3.04. The molecule has 0 radical (unpaired) electrons. The minimum atomic E-state index is -0.306. The zero-order chi connectivity index (χ0) is 10.6. The van der Waals surface area contributed by atoms with Crippen molar-refractivity contribution < 1.29 is 9.90 Å². The highest BCUT2D eigenvalue weighted by Gasteiger charge is 2.18. The van der Waals surface area contributed by atoms with E-state index in [0.717, 1.165) is 11.7 Å². The average molecular weight is 215 g/mol. The SMILES string of the molecule is CC(C)(CO)CNC(=O)c1cnsn1. The molecule has 0 unspecified atom stereocenters. The topological polar surface area (TPSA) is 75.1 Å². The van der Waals surface area contributed by atoms with Gasteiger partial charge in [0.2, 0.25) is 0 Å². The molecule has 0 aliphatic carbocycles. The Labute approximate surface area is 86.5 Å². The van der Waals surface area contributed by atoms with Crippen LogP contribution in [0.15, 0.2) is 6.20 Å². The van der Waals surface area contributed by atoms with Crippen molar-refractivity contribution in [2.75, 3.05) is 13.2 Å². The second-order valence-electron chi connectivity index (χ2n) is 3.80. The molecule has 78 valence electrons. The lowest BCUT2D eigenvalue weighted by molar-refractivity contribution is 0.0907. The van der Waals surface area contributed by atoms with Crippen LogP contribution in [0.25, 0.3) is 0 Å². The van der Waals surface area contributed by atoms with E-state index in [4.69, 9.17) is 5.11 Å². The Kier molecular flexibility index (Phi) is 3.54. The highest BCUT2D eigenvalue weighted by atomic mass is 32.1. The Hall–Kier alpha value is -1.01. The van der Waals surface area contributed by atoms with Crippen molar-refractivity contribution in [3.05, 3.63) is 11.9 Å². The fourth-order valence-electron chi connectivity index (χ4n) is 0.731. The first-order valence-corrected chi connectivity index (χ1v) is 4.95. The Morgan fingerprint density at radius 2 is 2.43 bits per heavy atom. The highest BCUT2D eigenvalue weighted by Crippen LogP contribution is 2.11. The summed E-state index contributed by atoms with van der Waals surface area (Å²) in [4.78, 5) is 11.4. The summed E-state index contributed by atoms with van der Waals surface area (Å²) in [6.45, 7) is 4.18. The van der Waals surface area contributed by atoms with Crippen LogP contribution in [0.4, 0.5) is 0 Å². The Morgan fingerprint density at radius 3 is 2.93 bits per heavy atom. The van der Waals surface area contributed by atoms with Crippen LogP contribution in [0.3, 0.4) is 0 Å². The number of aliphatic hydroxyl groups excluding tert-OH is 1. The first-order valence-electron chi connectivity index (χ1n) is 4.22. The maximum Gasteiger partial charge on any atom is 0.272 e. The van der Waals surface area contributed by atoms with E-state index in [1.807, 2.05) is 13.8 Å². The van der Waals surface area contributed by atoms with Gasteiger partial charge in [0.25, 0.3) is 5.91 Å². The fraction of sp³-hybridized carbons (Fsp3) is 0.625. The third-order valence-corrected chi connectivity index (χ3v) is 2.23. The molecule has 0 spiro atoms. The zero-order valence-corrected chi connectivity index (χ0v) is 8.97. The number of nitrogens with zero attached hydrogens (tertiary/aromatic N) is 2. The summed E-state index contributed by atoms with van der Waals surface area (Å²) in [5, 5.41) is 11.6. The summed E-state index contributed by atoms with van der Waals surface area (Å²) < 4.78 is 7.53. The number of hydrogen-bond acceptors (Lipinski definition) is 5. The molecule has 1 aromatic heterocycles. The minimum absolute atomic E-state index is 0.0304. The van der Waals surface area contributed by atoms with Crippen LogP contribution in [0.2, 0.25) is 0 Å². The fourth-order valence-corrected chi connectivity index (χ4v) is 1.14. The number of rotatable bonds is 4. The van der Waals surface area contributed by atoms with Gasteiger partial charge < -0.3 is 10.4 Å². The monoisotopic (exact) mass is 215 g/mol. The molecule has 0 aliphatic rings. The Bertz CT molecular complexity index is 298. The van der Waals surface area contributed by atoms with Gasteiger partial charge in [-0.3, -0.25) is 4.79 Å². The number of aliphatic hydroxyl groups is 1. The van der Waals surface area contributed by atoms with Crippen LogP contribution < -0.4 is 5.32 Å². The molecule has 0 aromatic carbocycles.